The van der Waals surface area contributed by atoms with Crippen LogP contribution in [0.4, 0.5) is 0 Å². The van der Waals surface area contributed by atoms with Gasteiger partial charge in [0.2, 0.25) is 0 Å². The molecule has 0 bridgehead atoms. The van der Waals surface area contributed by atoms with E-state index in [1.807, 2.05) is 55.5 Å². The molecular formula is C30H32ClNO4. The fourth-order valence-corrected chi connectivity index (χ4v) is 6.02. The summed E-state index contributed by atoms with van der Waals surface area (Å²) < 4.78 is 11.7. The molecule has 188 valence electrons. The van der Waals surface area contributed by atoms with Crippen molar-refractivity contribution < 1.29 is 19.1 Å². The second kappa shape index (κ2) is 10.5. The Balaban J connectivity index is 1.55. The first kappa shape index (κ1) is 24.6. The number of ketones is 1. The molecule has 2 aromatic carbocycles. The lowest BCUT2D eigenvalue weighted by molar-refractivity contribution is -0.146. The quantitative estimate of drug-likeness (QED) is 0.464. The van der Waals surface area contributed by atoms with E-state index in [0.717, 1.165) is 48.2 Å². The van der Waals surface area contributed by atoms with Crippen molar-refractivity contribution in [2.24, 2.45) is 0 Å². The van der Waals surface area contributed by atoms with E-state index >= 15 is 0 Å². The zero-order valence-corrected chi connectivity index (χ0v) is 21.6. The Morgan fingerprint density at radius 1 is 1.00 bits per heavy atom. The van der Waals surface area contributed by atoms with E-state index in [2.05, 4.69) is 5.32 Å². The number of hydrogen-bond donors (Lipinski definition) is 1. The number of para-hydroxylation sites is 1. The molecule has 5 rings (SSSR count). The van der Waals surface area contributed by atoms with Gasteiger partial charge in [0.15, 0.2) is 5.78 Å². The van der Waals surface area contributed by atoms with Crippen molar-refractivity contribution >= 4 is 23.4 Å². The first-order valence-electron chi connectivity index (χ1n) is 12.8. The van der Waals surface area contributed by atoms with Gasteiger partial charge in [-0.05, 0) is 68.7 Å². The summed E-state index contributed by atoms with van der Waals surface area (Å²) in [6.45, 7) is 1.90. The summed E-state index contributed by atoms with van der Waals surface area (Å²) in [7, 11) is 1.62. The molecule has 2 aliphatic carbocycles. The van der Waals surface area contributed by atoms with Crippen LogP contribution in [-0.4, -0.2) is 25.0 Å². The molecule has 5 nitrogen and oxygen atoms in total. The van der Waals surface area contributed by atoms with E-state index in [9.17, 15) is 9.59 Å². The molecule has 36 heavy (non-hydrogen) atoms. The van der Waals surface area contributed by atoms with Crippen LogP contribution in [0.25, 0.3) is 0 Å². The average molecular weight is 506 g/mol. The molecule has 1 saturated carbocycles. The predicted octanol–water partition coefficient (Wildman–Crippen LogP) is 6.59. The van der Waals surface area contributed by atoms with Gasteiger partial charge in [-0.25, -0.2) is 4.79 Å². The zero-order chi connectivity index (χ0) is 25.2. The normalized spacial score (nSPS) is 22.7. The lowest BCUT2D eigenvalue weighted by atomic mass is 9.71. The number of Topliss-reactive ketones (excluding diaryl/α,β-unsaturated/α-hetero) is 1. The number of nitrogens with one attached hydrogen (secondary N) is 1. The van der Waals surface area contributed by atoms with E-state index in [-0.39, 0.29) is 23.8 Å². The second-order valence-electron chi connectivity index (χ2n) is 9.98. The first-order valence-corrected chi connectivity index (χ1v) is 13.2. The monoisotopic (exact) mass is 505 g/mol. The van der Waals surface area contributed by atoms with Crippen LogP contribution in [0.3, 0.4) is 0 Å². The molecule has 2 atom stereocenters. The van der Waals surface area contributed by atoms with Gasteiger partial charge in [-0.2, -0.15) is 0 Å². The molecular weight excluding hydrogens is 474 g/mol. The smallest absolute Gasteiger partial charge is 0.337 e. The van der Waals surface area contributed by atoms with E-state index < -0.39 is 5.92 Å². The van der Waals surface area contributed by atoms with E-state index in [1.54, 1.807) is 7.11 Å². The number of ether oxygens (including phenoxy) is 2. The van der Waals surface area contributed by atoms with E-state index in [0.29, 0.717) is 34.8 Å². The molecule has 0 unspecified atom stereocenters. The fourth-order valence-electron chi connectivity index (χ4n) is 5.89. The third-order valence-corrected chi connectivity index (χ3v) is 7.92. The molecule has 0 radical (unpaired) electrons. The average Bonchev–Trinajstić information content (AvgIpc) is 2.88. The fraction of sp³-hybridized carbons (Fsp3) is 0.400. The Labute approximate surface area is 217 Å². The Morgan fingerprint density at radius 3 is 2.44 bits per heavy atom. The summed E-state index contributed by atoms with van der Waals surface area (Å²) in [5.74, 6) is -0.147. The number of dihydropyridines is 1. The number of rotatable bonds is 5. The van der Waals surface area contributed by atoms with E-state index in [4.69, 9.17) is 21.1 Å². The summed E-state index contributed by atoms with van der Waals surface area (Å²) >= 11 is 6.09. The van der Waals surface area contributed by atoms with Gasteiger partial charge in [0.25, 0.3) is 0 Å². The van der Waals surface area contributed by atoms with Crippen LogP contribution >= 0.6 is 11.6 Å². The number of carbonyl (C=O) groups is 2. The van der Waals surface area contributed by atoms with Gasteiger partial charge in [0.1, 0.15) is 11.9 Å². The highest BCUT2D eigenvalue weighted by Crippen LogP contribution is 2.48. The largest absolute Gasteiger partial charge is 0.496 e. The van der Waals surface area contributed by atoms with Gasteiger partial charge in [0.05, 0.1) is 18.6 Å². The lowest BCUT2D eigenvalue weighted by Crippen LogP contribution is -2.37. The Kier molecular flexibility index (Phi) is 7.20. The Bertz CT molecular complexity index is 1220. The van der Waals surface area contributed by atoms with Gasteiger partial charge >= 0.3 is 5.97 Å². The molecule has 0 amide bonds. The maximum absolute atomic E-state index is 13.8. The second-order valence-corrected chi connectivity index (χ2v) is 10.4. The SMILES string of the molecule is COc1ccccc1[C@H]1C(C(=O)OC2CCCCC2)=C(C)NC2=C1C(=O)C[C@H](c1ccc(Cl)cc1)C2. The van der Waals surface area contributed by atoms with Crippen molar-refractivity contribution in [1.29, 1.82) is 0 Å². The number of carbonyl (C=O) groups excluding carboxylic acids is 2. The Morgan fingerprint density at radius 2 is 1.72 bits per heavy atom. The van der Waals surface area contributed by atoms with Crippen molar-refractivity contribution in [3.05, 3.63) is 87.2 Å². The predicted molar refractivity (Wildman–Crippen MR) is 140 cm³/mol. The molecule has 1 aliphatic heterocycles. The van der Waals surface area contributed by atoms with Crippen molar-refractivity contribution in [3.8, 4) is 5.75 Å². The molecule has 0 saturated heterocycles. The summed E-state index contributed by atoms with van der Waals surface area (Å²) in [5.41, 5.74) is 4.64. The van der Waals surface area contributed by atoms with Gasteiger partial charge in [-0.1, -0.05) is 48.4 Å². The van der Waals surface area contributed by atoms with Gasteiger partial charge in [-0.15, -0.1) is 0 Å². The molecule has 0 aromatic heterocycles. The highest BCUT2D eigenvalue weighted by Gasteiger charge is 2.42. The number of halogens is 1. The third kappa shape index (κ3) is 4.81. The van der Waals surface area contributed by atoms with Crippen molar-refractivity contribution in [1.82, 2.24) is 5.32 Å². The highest BCUT2D eigenvalue weighted by atomic mass is 35.5. The van der Waals surface area contributed by atoms with Crippen LogP contribution in [0.1, 0.15) is 74.8 Å². The molecule has 1 heterocycles. The molecule has 1 fully saturated rings. The van der Waals surface area contributed by atoms with E-state index in [1.165, 1.54) is 6.42 Å². The summed E-state index contributed by atoms with van der Waals surface area (Å²) in [5, 5.41) is 4.11. The van der Waals surface area contributed by atoms with Crippen molar-refractivity contribution in [3.63, 3.8) is 0 Å². The van der Waals surface area contributed by atoms with Gasteiger partial charge < -0.3 is 14.8 Å². The topological polar surface area (TPSA) is 64.6 Å². The molecule has 2 aromatic rings. The number of allylic oxidation sites excluding steroid dienone is 3. The summed E-state index contributed by atoms with van der Waals surface area (Å²) in [6, 6.07) is 15.3. The van der Waals surface area contributed by atoms with Gasteiger partial charge in [-0.3, -0.25) is 4.79 Å². The number of esters is 1. The summed E-state index contributed by atoms with van der Waals surface area (Å²) in [4.78, 5) is 27.4. The summed E-state index contributed by atoms with van der Waals surface area (Å²) in [6.07, 6.45) is 6.08. The van der Waals surface area contributed by atoms with Crippen molar-refractivity contribution in [2.75, 3.05) is 7.11 Å². The molecule has 6 heteroatoms. The molecule has 1 N–H and O–H groups in total. The van der Waals surface area contributed by atoms with Crippen molar-refractivity contribution in [2.45, 2.75) is 69.8 Å². The number of hydrogen-bond acceptors (Lipinski definition) is 5. The van der Waals surface area contributed by atoms with Crippen LogP contribution in [0.2, 0.25) is 5.02 Å². The van der Waals surface area contributed by atoms with Crippen LogP contribution in [-0.2, 0) is 14.3 Å². The number of methoxy groups -OCH3 is 1. The minimum Gasteiger partial charge on any atom is -0.496 e. The maximum atomic E-state index is 13.8. The third-order valence-electron chi connectivity index (χ3n) is 7.66. The van der Waals surface area contributed by atoms with Gasteiger partial charge in [0, 0.05) is 34.0 Å². The minimum absolute atomic E-state index is 0.0371. The standard InChI is InChI=1S/C30H32ClNO4/c1-18-27(30(34)36-22-8-4-3-5-9-22)28(23-10-6-7-11-26(23)35-2)29-24(32-18)16-20(17-25(29)33)19-12-14-21(31)15-13-19/h6-7,10-15,20,22,28,32H,3-5,8-9,16-17H2,1-2H3/t20-,28+/m1/s1. The van der Waals surface area contributed by atoms with Crippen LogP contribution in [0.15, 0.2) is 71.1 Å². The van der Waals surface area contributed by atoms with Crippen LogP contribution in [0, 0.1) is 0 Å². The van der Waals surface area contributed by atoms with Crippen LogP contribution < -0.4 is 10.1 Å². The van der Waals surface area contributed by atoms with Crippen LogP contribution in [0.5, 0.6) is 5.75 Å². The molecule has 0 spiro atoms. The number of benzene rings is 2. The maximum Gasteiger partial charge on any atom is 0.337 e. The lowest BCUT2D eigenvalue weighted by Gasteiger charge is -2.37. The molecule has 3 aliphatic rings. The first-order chi connectivity index (χ1) is 17.5. The minimum atomic E-state index is -0.535. The highest BCUT2D eigenvalue weighted by molar-refractivity contribution is 6.30. The zero-order valence-electron chi connectivity index (χ0n) is 20.8. The Hall–Kier alpha value is -3.05.